The number of nitrogens with two attached hydrogens (primary N) is 1. The highest BCUT2D eigenvalue weighted by Crippen LogP contribution is 2.19. The van der Waals surface area contributed by atoms with Crippen LogP contribution in [-0.4, -0.2) is 21.8 Å². The summed E-state index contributed by atoms with van der Waals surface area (Å²) in [4.78, 5) is 14.9. The molecule has 1 heterocycles. The van der Waals surface area contributed by atoms with E-state index < -0.39 is 0 Å². The molecule has 0 saturated carbocycles. The predicted molar refractivity (Wildman–Crippen MR) is 79.1 cm³/mol. The van der Waals surface area contributed by atoms with Gasteiger partial charge in [-0.05, 0) is 12.0 Å². The fraction of sp³-hybridized carbons (Fsp3) is 0.357. The van der Waals surface area contributed by atoms with Gasteiger partial charge < -0.3 is 10.3 Å². The fourth-order valence-electron chi connectivity index (χ4n) is 1.65. The van der Waals surface area contributed by atoms with E-state index in [-0.39, 0.29) is 5.91 Å². The number of primary amides is 1. The van der Waals surface area contributed by atoms with Crippen LogP contribution in [0.15, 0.2) is 28.8 Å². The number of rotatable bonds is 7. The van der Waals surface area contributed by atoms with Crippen molar-refractivity contribution in [2.45, 2.75) is 25.5 Å². The van der Waals surface area contributed by atoms with Crippen LogP contribution in [0.3, 0.4) is 0 Å². The van der Waals surface area contributed by atoms with Crippen LogP contribution in [0.5, 0.6) is 0 Å². The molecule has 2 N–H and O–H groups in total. The summed E-state index contributed by atoms with van der Waals surface area (Å²) in [7, 11) is 0. The number of thioether (sulfide) groups is 1. The van der Waals surface area contributed by atoms with Gasteiger partial charge in [-0.3, -0.25) is 4.79 Å². The topological polar surface area (TPSA) is 82.0 Å². The lowest BCUT2D eigenvalue weighted by Crippen LogP contribution is -2.10. The Labute approximate surface area is 121 Å². The van der Waals surface area contributed by atoms with E-state index in [0.717, 1.165) is 12.0 Å². The number of amides is 1. The highest BCUT2D eigenvalue weighted by atomic mass is 32.2. The van der Waals surface area contributed by atoms with Gasteiger partial charge in [0.1, 0.15) is 0 Å². The zero-order valence-electron chi connectivity index (χ0n) is 11.3. The van der Waals surface area contributed by atoms with Gasteiger partial charge in [0, 0.05) is 17.7 Å². The molecule has 0 aliphatic rings. The van der Waals surface area contributed by atoms with Gasteiger partial charge in [0.05, 0.1) is 5.75 Å². The molecule has 106 valence electrons. The molecule has 0 radical (unpaired) electrons. The van der Waals surface area contributed by atoms with Crippen LogP contribution < -0.4 is 5.73 Å². The van der Waals surface area contributed by atoms with Gasteiger partial charge in [0.25, 0.3) is 0 Å². The third kappa shape index (κ3) is 4.09. The first-order valence-electron chi connectivity index (χ1n) is 6.47. The molecule has 0 aliphatic carbocycles. The quantitative estimate of drug-likeness (QED) is 0.792. The first-order valence-corrected chi connectivity index (χ1v) is 7.62. The van der Waals surface area contributed by atoms with Gasteiger partial charge in [-0.25, -0.2) is 0 Å². The normalized spacial score (nSPS) is 10.7. The second-order valence-electron chi connectivity index (χ2n) is 4.33. The highest BCUT2D eigenvalue weighted by Gasteiger charge is 2.08. The maximum absolute atomic E-state index is 10.6. The summed E-state index contributed by atoms with van der Waals surface area (Å²) in [6.45, 7) is 2.12. The van der Waals surface area contributed by atoms with Crippen molar-refractivity contribution >= 4 is 17.7 Å². The second-order valence-corrected chi connectivity index (χ2v) is 5.44. The zero-order chi connectivity index (χ0) is 14.4. The van der Waals surface area contributed by atoms with Crippen molar-refractivity contribution in [3.63, 3.8) is 0 Å². The van der Waals surface area contributed by atoms with Crippen molar-refractivity contribution in [1.82, 2.24) is 10.1 Å². The first-order chi connectivity index (χ1) is 9.69. The molecule has 0 saturated heterocycles. The lowest BCUT2D eigenvalue weighted by atomic mass is 10.1. The van der Waals surface area contributed by atoms with E-state index in [1.165, 1.54) is 5.56 Å². The molecular formula is C14H17N3O2S. The van der Waals surface area contributed by atoms with Crippen molar-refractivity contribution in [3.8, 4) is 11.4 Å². The minimum atomic E-state index is -0.292. The third-order valence-corrected chi connectivity index (χ3v) is 3.75. The number of hydrogen-bond donors (Lipinski definition) is 1. The third-order valence-electron chi connectivity index (χ3n) is 2.81. The molecule has 1 aromatic heterocycles. The molecule has 0 spiro atoms. The van der Waals surface area contributed by atoms with Crippen LogP contribution in [0, 0.1) is 0 Å². The highest BCUT2D eigenvalue weighted by molar-refractivity contribution is 7.98. The minimum absolute atomic E-state index is 0.292. The van der Waals surface area contributed by atoms with Gasteiger partial charge in [-0.15, -0.1) is 0 Å². The van der Waals surface area contributed by atoms with Crippen LogP contribution in [0.4, 0.5) is 0 Å². The van der Waals surface area contributed by atoms with E-state index in [1.807, 2.05) is 12.1 Å². The Morgan fingerprint density at radius 1 is 1.35 bits per heavy atom. The van der Waals surface area contributed by atoms with Gasteiger partial charge in [-0.1, -0.05) is 36.3 Å². The summed E-state index contributed by atoms with van der Waals surface area (Å²) in [5.74, 6) is 2.12. The van der Waals surface area contributed by atoms with E-state index in [4.69, 9.17) is 10.3 Å². The summed E-state index contributed by atoms with van der Waals surface area (Å²) < 4.78 is 5.18. The maximum Gasteiger partial charge on any atom is 0.236 e. The number of carbonyl (C=O) groups excluding carboxylic acids is 1. The molecule has 2 aromatic rings. The number of hydrogen-bond acceptors (Lipinski definition) is 5. The number of aryl methyl sites for hydroxylation is 1. The Bertz CT molecular complexity index is 566. The summed E-state index contributed by atoms with van der Waals surface area (Å²) in [6.07, 6.45) is 1.37. The summed E-state index contributed by atoms with van der Waals surface area (Å²) in [5, 5.41) is 3.96. The minimum Gasteiger partial charge on any atom is -0.370 e. The van der Waals surface area contributed by atoms with Crippen molar-refractivity contribution in [2.24, 2.45) is 5.73 Å². The maximum atomic E-state index is 10.6. The monoisotopic (exact) mass is 291 g/mol. The van der Waals surface area contributed by atoms with Crippen LogP contribution in [0.25, 0.3) is 11.4 Å². The number of benzene rings is 1. The Hall–Kier alpha value is -1.82. The van der Waals surface area contributed by atoms with E-state index in [9.17, 15) is 4.79 Å². The zero-order valence-corrected chi connectivity index (χ0v) is 12.2. The largest absolute Gasteiger partial charge is 0.370 e. The molecule has 0 fully saturated rings. The van der Waals surface area contributed by atoms with Crippen LogP contribution in [0.2, 0.25) is 0 Å². The van der Waals surface area contributed by atoms with Crippen molar-refractivity contribution in [2.75, 3.05) is 5.75 Å². The lowest BCUT2D eigenvalue weighted by molar-refractivity contribution is -0.117. The fourth-order valence-corrected chi connectivity index (χ4v) is 2.43. The second kappa shape index (κ2) is 7.09. The lowest BCUT2D eigenvalue weighted by Gasteiger charge is -1.97. The standard InChI is InChI=1S/C14H17N3O2S/c1-2-10-3-5-11(6-4-10)14-16-13(19-17-14)9-20-8-7-12(15)18/h3-6H,2,7-9H2,1H3,(H2,15,18). The molecule has 0 atom stereocenters. The smallest absolute Gasteiger partial charge is 0.236 e. The number of carbonyl (C=O) groups is 1. The summed E-state index contributed by atoms with van der Waals surface area (Å²) in [5.41, 5.74) is 7.29. The SMILES string of the molecule is CCc1ccc(-c2noc(CSCCC(N)=O)n2)cc1. The molecule has 0 bridgehead atoms. The predicted octanol–water partition coefficient (Wildman–Crippen LogP) is 2.41. The van der Waals surface area contributed by atoms with Gasteiger partial charge in [0.2, 0.25) is 17.6 Å². The average Bonchev–Trinajstić information content (AvgIpc) is 2.92. The molecule has 20 heavy (non-hydrogen) atoms. The van der Waals surface area contributed by atoms with Gasteiger partial charge in [0.15, 0.2) is 0 Å². The molecule has 5 nitrogen and oxygen atoms in total. The van der Waals surface area contributed by atoms with E-state index in [1.54, 1.807) is 11.8 Å². The number of aromatic nitrogens is 2. The van der Waals surface area contributed by atoms with E-state index in [0.29, 0.717) is 29.6 Å². The summed E-state index contributed by atoms with van der Waals surface area (Å²) >= 11 is 1.55. The van der Waals surface area contributed by atoms with Gasteiger partial charge in [-0.2, -0.15) is 16.7 Å². The van der Waals surface area contributed by atoms with Crippen LogP contribution >= 0.6 is 11.8 Å². The average molecular weight is 291 g/mol. The Balaban J connectivity index is 1.92. The van der Waals surface area contributed by atoms with Crippen molar-refractivity contribution in [3.05, 3.63) is 35.7 Å². The van der Waals surface area contributed by atoms with E-state index >= 15 is 0 Å². The van der Waals surface area contributed by atoms with Gasteiger partial charge >= 0.3 is 0 Å². The molecule has 6 heteroatoms. The van der Waals surface area contributed by atoms with Crippen molar-refractivity contribution < 1.29 is 9.32 Å². The van der Waals surface area contributed by atoms with Crippen LogP contribution in [-0.2, 0) is 17.0 Å². The molecule has 0 unspecified atom stereocenters. The molecule has 2 rings (SSSR count). The van der Waals surface area contributed by atoms with Crippen molar-refractivity contribution in [1.29, 1.82) is 0 Å². The molecule has 0 aliphatic heterocycles. The number of nitrogens with zero attached hydrogens (tertiary/aromatic N) is 2. The molecule has 1 amide bonds. The molecule has 1 aromatic carbocycles. The summed E-state index contributed by atoms with van der Waals surface area (Å²) in [6, 6.07) is 8.11. The first kappa shape index (κ1) is 14.6. The Kier molecular flexibility index (Phi) is 5.17. The Morgan fingerprint density at radius 3 is 2.75 bits per heavy atom. The molecular weight excluding hydrogens is 274 g/mol. The van der Waals surface area contributed by atoms with Crippen LogP contribution in [0.1, 0.15) is 24.8 Å². The van der Waals surface area contributed by atoms with E-state index in [2.05, 4.69) is 29.2 Å². The Morgan fingerprint density at radius 2 is 2.10 bits per heavy atom.